The highest BCUT2D eigenvalue weighted by atomic mass is 16.5. The highest BCUT2D eigenvalue weighted by Crippen LogP contribution is 1.89. The molecule has 1 unspecified atom stereocenters. The summed E-state index contributed by atoms with van der Waals surface area (Å²) >= 11 is 0. The van der Waals surface area contributed by atoms with Gasteiger partial charge in [0.1, 0.15) is 6.23 Å². The van der Waals surface area contributed by atoms with Gasteiger partial charge in [-0.05, 0) is 33.0 Å². The molecule has 0 aromatic rings. The summed E-state index contributed by atoms with van der Waals surface area (Å²) in [6.07, 6.45) is 1.83. The van der Waals surface area contributed by atoms with Crippen molar-refractivity contribution in [3.8, 4) is 0 Å². The predicted octanol–water partition coefficient (Wildman–Crippen LogP) is -0.0695. The standard InChI is InChI=1S/C9H22N2O2/c1-3-5-11-9(8-12)13-7-4-6-10-2/h9-12H,3-8H2,1-2H3. The van der Waals surface area contributed by atoms with Crippen LogP contribution in [0.4, 0.5) is 0 Å². The molecule has 0 spiro atoms. The van der Waals surface area contributed by atoms with Crippen LogP contribution in [0.5, 0.6) is 0 Å². The van der Waals surface area contributed by atoms with Crippen LogP contribution in [0.2, 0.25) is 0 Å². The van der Waals surface area contributed by atoms with Gasteiger partial charge in [0.2, 0.25) is 0 Å². The number of aliphatic hydroxyl groups excluding tert-OH is 1. The number of nitrogens with one attached hydrogen (secondary N) is 2. The second-order valence-corrected chi connectivity index (χ2v) is 2.95. The van der Waals surface area contributed by atoms with Crippen molar-refractivity contribution in [2.75, 3.05) is 33.4 Å². The molecule has 0 aromatic heterocycles. The highest BCUT2D eigenvalue weighted by Gasteiger charge is 2.04. The van der Waals surface area contributed by atoms with Gasteiger partial charge >= 0.3 is 0 Å². The average Bonchev–Trinajstić information content (AvgIpc) is 2.17. The molecule has 3 N–H and O–H groups in total. The molecule has 1 atom stereocenters. The Hall–Kier alpha value is -0.160. The van der Waals surface area contributed by atoms with Gasteiger partial charge in [-0.1, -0.05) is 6.92 Å². The molecule has 4 heteroatoms. The summed E-state index contributed by atoms with van der Waals surface area (Å²) in [7, 11) is 1.92. The molecule has 0 aliphatic carbocycles. The lowest BCUT2D eigenvalue weighted by Crippen LogP contribution is -2.36. The van der Waals surface area contributed by atoms with Crippen LogP contribution in [0.15, 0.2) is 0 Å². The Balaban J connectivity index is 3.25. The summed E-state index contributed by atoms with van der Waals surface area (Å²) in [5.41, 5.74) is 0. The van der Waals surface area contributed by atoms with Crippen LogP contribution in [-0.4, -0.2) is 44.7 Å². The zero-order chi connectivity index (χ0) is 9.94. The summed E-state index contributed by atoms with van der Waals surface area (Å²) in [6, 6.07) is 0. The van der Waals surface area contributed by atoms with Crippen molar-refractivity contribution in [1.29, 1.82) is 0 Å². The maximum absolute atomic E-state index is 8.91. The number of rotatable bonds is 9. The molecule has 0 aromatic carbocycles. The molecule has 0 aliphatic heterocycles. The van der Waals surface area contributed by atoms with Crippen molar-refractivity contribution in [2.24, 2.45) is 0 Å². The fourth-order valence-corrected chi connectivity index (χ4v) is 0.956. The van der Waals surface area contributed by atoms with E-state index >= 15 is 0 Å². The number of aliphatic hydroxyl groups is 1. The minimum atomic E-state index is -0.197. The van der Waals surface area contributed by atoms with Crippen molar-refractivity contribution in [2.45, 2.75) is 26.0 Å². The van der Waals surface area contributed by atoms with Crippen LogP contribution in [0.1, 0.15) is 19.8 Å². The van der Waals surface area contributed by atoms with E-state index in [1.807, 2.05) is 7.05 Å². The predicted molar refractivity (Wildman–Crippen MR) is 53.7 cm³/mol. The van der Waals surface area contributed by atoms with Crippen LogP contribution in [0, 0.1) is 0 Å². The quantitative estimate of drug-likeness (QED) is 0.352. The smallest absolute Gasteiger partial charge is 0.131 e. The van der Waals surface area contributed by atoms with Crippen molar-refractivity contribution in [3.05, 3.63) is 0 Å². The second-order valence-electron chi connectivity index (χ2n) is 2.95. The normalized spacial score (nSPS) is 13.2. The molecule has 0 heterocycles. The van der Waals surface area contributed by atoms with E-state index in [1.54, 1.807) is 0 Å². The maximum Gasteiger partial charge on any atom is 0.131 e. The van der Waals surface area contributed by atoms with Crippen molar-refractivity contribution in [1.82, 2.24) is 10.6 Å². The molecule has 80 valence electrons. The minimum absolute atomic E-state index is 0.0412. The molecule has 13 heavy (non-hydrogen) atoms. The van der Waals surface area contributed by atoms with E-state index < -0.39 is 0 Å². The third kappa shape index (κ3) is 8.18. The van der Waals surface area contributed by atoms with Crippen molar-refractivity contribution < 1.29 is 9.84 Å². The highest BCUT2D eigenvalue weighted by molar-refractivity contribution is 4.53. The minimum Gasteiger partial charge on any atom is -0.392 e. The molecular formula is C9H22N2O2. The van der Waals surface area contributed by atoms with Crippen molar-refractivity contribution in [3.63, 3.8) is 0 Å². The number of hydrogen-bond acceptors (Lipinski definition) is 4. The van der Waals surface area contributed by atoms with Crippen LogP contribution in [0.25, 0.3) is 0 Å². The lowest BCUT2D eigenvalue weighted by molar-refractivity contribution is -0.00837. The van der Waals surface area contributed by atoms with Crippen LogP contribution >= 0.6 is 0 Å². The van der Waals surface area contributed by atoms with E-state index in [1.165, 1.54) is 0 Å². The first-order chi connectivity index (χ1) is 6.35. The van der Waals surface area contributed by atoms with Crippen LogP contribution in [-0.2, 0) is 4.74 Å². The molecule has 0 amide bonds. The average molecular weight is 190 g/mol. The molecule has 0 saturated heterocycles. The zero-order valence-corrected chi connectivity index (χ0v) is 8.68. The lowest BCUT2D eigenvalue weighted by Gasteiger charge is -2.16. The van der Waals surface area contributed by atoms with Gasteiger partial charge in [0.05, 0.1) is 6.61 Å². The number of hydrogen-bond donors (Lipinski definition) is 3. The topological polar surface area (TPSA) is 53.5 Å². The van der Waals surface area contributed by atoms with E-state index in [0.717, 1.165) is 25.9 Å². The SMILES string of the molecule is CCCNC(CO)OCCCNC. The fourth-order valence-electron chi connectivity index (χ4n) is 0.956. The molecule has 0 bridgehead atoms. The monoisotopic (exact) mass is 190 g/mol. The third-order valence-electron chi connectivity index (χ3n) is 1.68. The fraction of sp³-hybridized carbons (Fsp3) is 1.00. The largest absolute Gasteiger partial charge is 0.392 e. The van der Waals surface area contributed by atoms with Crippen LogP contribution in [0.3, 0.4) is 0 Å². The molecule has 0 rings (SSSR count). The molecule has 4 nitrogen and oxygen atoms in total. The van der Waals surface area contributed by atoms with E-state index in [9.17, 15) is 0 Å². The first-order valence-corrected chi connectivity index (χ1v) is 4.95. The van der Waals surface area contributed by atoms with Gasteiger partial charge in [0.15, 0.2) is 0 Å². The molecule has 0 fully saturated rings. The summed E-state index contributed by atoms with van der Waals surface area (Å²) in [4.78, 5) is 0. The van der Waals surface area contributed by atoms with Gasteiger partial charge in [-0.25, -0.2) is 0 Å². The summed E-state index contributed by atoms with van der Waals surface area (Å²) in [5, 5.41) is 15.0. The van der Waals surface area contributed by atoms with E-state index in [4.69, 9.17) is 9.84 Å². The van der Waals surface area contributed by atoms with Crippen LogP contribution < -0.4 is 10.6 Å². The molecular weight excluding hydrogens is 168 g/mol. The van der Waals surface area contributed by atoms with Gasteiger partial charge < -0.3 is 15.2 Å². The van der Waals surface area contributed by atoms with Gasteiger partial charge in [0, 0.05) is 6.61 Å². The lowest BCUT2D eigenvalue weighted by atomic mass is 10.4. The Kier molecular flexibility index (Phi) is 9.80. The zero-order valence-electron chi connectivity index (χ0n) is 8.68. The molecule has 0 radical (unpaired) electrons. The first kappa shape index (κ1) is 12.8. The Morgan fingerprint density at radius 1 is 1.38 bits per heavy atom. The van der Waals surface area contributed by atoms with E-state index in [0.29, 0.717) is 6.61 Å². The Labute approximate surface area is 80.7 Å². The first-order valence-electron chi connectivity index (χ1n) is 4.95. The third-order valence-corrected chi connectivity index (χ3v) is 1.68. The Morgan fingerprint density at radius 2 is 2.15 bits per heavy atom. The summed E-state index contributed by atoms with van der Waals surface area (Å²) in [5.74, 6) is 0. The van der Waals surface area contributed by atoms with E-state index in [-0.39, 0.29) is 12.8 Å². The summed E-state index contributed by atoms with van der Waals surface area (Å²) < 4.78 is 5.39. The molecule has 0 aliphatic rings. The van der Waals surface area contributed by atoms with E-state index in [2.05, 4.69) is 17.6 Å². The number of ether oxygens (including phenoxy) is 1. The summed E-state index contributed by atoms with van der Waals surface area (Å²) in [6.45, 7) is 4.65. The molecule has 0 saturated carbocycles. The maximum atomic E-state index is 8.91. The van der Waals surface area contributed by atoms with Gasteiger partial charge in [-0.3, -0.25) is 5.32 Å². The Morgan fingerprint density at radius 3 is 2.69 bits per heavy atom. The van der Waals surface area contributed by atoms with Gasteiger partial charge in [0.25, 0.3) is 0 Å². The van der Waals surface area contributed by atoms with Gasteiger partial charge in [-0.15, -0.1) is 0 Å². The Bertz CT molecular complexity index is 102. The second kappa shape index (κ2) is 9.92. The van der Waals surface area contributed by atoms with Crippen molar-refractivity contribution >= 4 is 0 Å². The van der Waals surface area contributed by atoms with Gasteiger partial charge in [-0.2, -0.15) is 0 Å².